The zero-order valence-corrected chi connectivity index (χ0v) is 16.1. The van der Waals surface area contributed by atoms with Crippen molar-refractivity contribution in [2.45, 2.75) is 38.8 Å². The van der Waals surface area contributed by atoms with Crippen molar-refractivity contribution in [2.75, 3.05) is 19.0 Å². The van der Waals surface area contributed by atoms with E-state index in [9.17, 15) is 9.59 Å². The molecule has 6 heteroatoms. The third kappa shape index (κ3) is 5.57. The van der Waals surface area contributed by atoms with Crippen LogP contribution in [0.25, 0.3) is 0 Å². The largest absolute Gasteiger partial charge is 0.494 e. The summed E-state index contributed by atoms with van der Waals surface area (Å²) in [6, 6.07) is 13.6. The van der Waals surface area contributed by atoms with E-state index in [1.165, 1.54) is 0 Å². The van der Waals surface area contributed by atoms with Crippen LogP contribution in [0.4, 0.5) is 5.69 Å². The number of amides is 2. The number of methoxy groups -OCH3 is 1. The van der Waals surface area contributed by atoms with Crippen LogP contribution in [0.5, 0.6) is 5.75 Å². The second kappa shape index (κ2) is 9.90. The first-order valence-corrected chi connectivity index (χ1v) is 9.53. The summed E-state index contributed by atoms with van der Waals surface area (Å²) in [5.41, 5.74) is 4.09. The van der Waals surface area contributed by atoms with E-state index in [0.717, 1.165) is 34.5 Å². The third-order valence-corrected chi connectivity index (χ3v) is 4.68. The van der Waals surface area contributed by atoms with E-state index in [4.69, 9.17) is 9.47 Å². The van der Waals surface area contributed by atoms with Gasteiger partial charge >= 0.3 is 0 Å². The van der Waals surface area contributed by atoms with Crippen molar-refractivity contribution in [1.29, 1.82) is 0 Å². The molecule has 2 aromatic rings. The standard InChI is InChI=1S/C22H26N2O4/c1-27-15-18-6-3-2-5-17(18)14-23-21(25)7-4-12-28-19-9-10-20-16(13-19)8-11-22(26)24-20/h2-3,5-6,9-10,13H,4,7-8,11-12,14-15H2,1H3,(H,23,25)(H,24,26). The minimum Gasteiger partial charge on any atom is -0.494 e. The maximum absolute atomic E-state index is 12.1. The average molecular weight is 382 g/mol. The Kier molecular flexibility index (Phi) is 7.03. The maximum Gasteiger partial charge on any atom is 0.224 e. The fourth-order valence-corrected chi connectivity index (χ4v) is 3.18. The molecule has 0 aliphatic carbocycles. The van der Waals surface area contributed by atoms with E-state index in [1.807, 2.05) is 42.5 Å². The van der Waals surface area contributed by atoms with Crippen LogP contribution in [0.2, 0.25) is 0 Å². The predicted molar refractivity (Wildman–Crippen MR) is 107 cm³/mol. The molecule has 0 saturated heterocycles. The first kappa shape index (κ1) is 19.9. The highest BCUT2D eigenvalue weighted by atomic mass is 16.5. The highest BCUT2D eigenvalue weighted by Gasteiger charge is 2.15. The van der Waals surface area contributed by atoms with Crippen LogP contribution >= 0.6 is 0 Å². The molecule has 3 rings (SSSR count). The molecule has 2 amide bonds. The normalized spacial score (nSPS) is 12.8. The lowest BCUT2D eigenvalue weighted by Gasteiger charge is -2.17. The molecule has 28 heavy (non-hydrogen) atoms. The van der Waals surface area contributed by atoms with Gasteiger partial charge in [0, 0.05) is 32.2 Å². The summed E-state index contributed by atoms with van der Waals surface area (Å²) in [5, 5.41) is 5.80. The van der Waals surface area contributed by atoms with Gasteiger partial charge in [-0.25, -0.2) is 0 Å². The number of rotatable bonds is 9. The summed E-state index contributed by atoms with van der Waals surface area (Å²) in [6.45, 7) is 1.50. The average Bonchev–Trinajstić information content (AvgIpc) is 2.71. The van der Waals surface area contributed by atoms with E-state index in [-0.39, 0.29) is 11.8 Å². The molecule has 1 aliphatic heterocycles. The molecule has 1 heterocycles. The number of fused-ring (bicyclic) bond motifs is 1. The van der Waals surface area contributed by atoms with Crippen molar-refractivity contribution in [3.8, 4) is 5.75 Å². The van der Waals surface area contributed by atoms with Crippen molar-refractivity contribution >= 4 is 17.5 Å². The van der Waals surface area contributed by atoms with Crippen LogP contribution in [-0.4, -0.2) is 25.5 Å². The first-order valence-electron chi connectivity index (χ1n) is 9.53. The van der Waals surface area contributed by atoms with Crippen LogP contribution in [0.15, 0.2) is 42.5 Å². The molecule has 2 aromatic carbocycles. The summed E-state index contributed by atoms with van der Waals surface area (Å²) in [7, 11) is 1.66. The minimum absolute atomic E-state index is 0.00368. The van der Waals surface area contributed by atoms with Crippen molar-refractivity contribution in [3.63, 3.8) is 0 Å². The molecule has 0 bridgehead atoms. The van der Waals surface area contributed by atoms with Gasteiger partial charge < -0.3 is 20.1 Å². The van der Waals surface area contributed by atoms with Crippen LogP contribution < -0.4 is 15.4 Å². The summed E-state index contributed by atoms with van der Waals surface area (Å²) in [5.74, 6) is 0.824. The van der Waals surface area contributed by atoms with Crippen LogP contribution in [0.3, 0.4) is 0 Å². The minimum atomic E-state index is 0.00368. The fraction of sp³-hybridized carbons (Fsp3) is 0.364. The highest BCUT2D eigenvalue weighted by Crippen LogP contribution is 2.26. The molecule has 148 valence electrons. The van der Waals surface area contributed by atoms with Gasteiger partial charge in [-0.15, -0.1) is 0 Å². The number of carbonyl (C=O) groups excluding carboxylic acids is 2. The Labute approximate surface area is 165 Å². The molecule has 0 spiro atoms. The number of ether oxygens (including phenoxy) is 2. The molecule has 6 nitrogen and oxygen atoms in total. The van der Waals surface area contributed by atoms with Crippen molar-refractivity contribution in [1.82, 2.24) is 5.32 Å². The Morgan fingerprint density at radius 3 is 2.79 bits per heavy atom. The van der Waals surface area contributed by atoms with Gasteiger partial charge in [0.15, 0.2) is 0 Å². The van der Waals surface area contributed by atoms with Gasteiger partial charge in [-0.2, -0.15) is 0 Å². The molecular formula is C22H26N2O4. The van der Waals surface area contributed by atoms with Crippen molar-refractivity contribution in [3.05, 3.63) is 59.2 Å². The quantitative estimate of drug-likeness (QED) is 0.653. The van der Waals surface area contributed by atoms with Crippen LogP contribution in [0.1, 0.15) is 36.0 Å². The Bertz CT molecular complexity index is 835. The number of hydrogen-bond donors (Lipinski definition) is 2. The lowest BCUT2D eigenvalue weighted by Crippen LogP contribution is -2.23. The maximum atomic E-state index is 12.1. The molecule has 0 atom stereocenters. The number of nitrogens with one attached hydrogen (secondary N) is 2. The second-order valence-corrected chi connectivity index (χ2v) is 6.80. The number of carbonyl (C=O) groups is 2. The molecule has 0 fully saturated rings. The fourth-order valence-electron chi connectivity index (χ4n) is 3.18. The number of aryl methyl sites for hydroxylation is 1. The van der Waals surface area contributed by atoms with E-state index < -0.39 is 0 Å². The molecular weight excluding hydrogens is 356 g/mol. The molecule has 0 saturated carbocycles. The summed E-state index contributed by atoms with van der Waals surface area (Å²) in [4.78, 5) is 23.5. The summed E-state index contributed by atoms with van der Waals surface area (Å²) >= 11 is 0. The number of benzene rings is 2. The van der Waals surface area contributed by atoms with Gasteiger partial charge in [-0.3, -0.25) is 9.59 Å². The molecule has 0 aromatic heterocycles. The molecule has 0 unspecified atom stereocenters. The van der Waals surface area contributed by atoms with Crippen molar-refractivity contribution in [2.24, 2.45) is 0 Å². The third-order valence-electron chi connectivity index (χ3n) is 4.68. The van der Waals surface area contributed by atoms with Gasteiger partial charge in [0.05, 0.1) is 13.2 Å². The van der Waals surface area contributed by atoms with Gasteiger partial charge in [-0.05, 0) is 47.7 Å². The van der Waals surface area contributed by atoms with E-state index in [2.05, 4.69) is 10.6 Å². The van der Waals surface area contributed by atoms with Crippen LogP contribution in [-0.2, 0) is 33.9 Å². The SMILES string of the molecule is COCc1ccccc1CNC(=O)CCCOc1ccc2c(c1)CCC(=O)N2. The van der Waals surface area contributed by atoms with E-state index in [1.54, 1.807) is 7.11 Å². The molecule has 2 N–H and O–H groups in total. The lowest BCUT2D eigenvalue weighted by atomic mass is 10.0. The van der Waals surface area contributed by atoms with Crippen LogP contribution in [0, 0.1) is 0 Å². The van der Waals surface area contributed by atoms with Gasteiger partial charge in [-0.1, -0.05) is 24.3 Å². The monoisotopic (exact) mass is 382 g/mol. The Hall–Kier alpha value is -2.86. The Balaban J connectivity index is 1.38. The lowest BCUT2D eigenvalue weighted by molar-refractivity contribution is -0.121. The number of hydrogen-bond acceptors (Lipinski definition) is 4. The predicted octanol–water partition coefficient (Wildman–Crippen LogP) is 3.19. The highest BCUT2D eigenvalue weighted by molar-refractivity contribution is 5.94. The summed E-state index contributed by atoms with van der Waals surface area (Å²) < 4.78 is 10.9. The Morgan fingerprint density at radius 1 is 1.14 bits per heavy atom. The van der Waals surface area contributed by atoms with E-state index >= 15 is 0 Å². The van der Waals surface area contributed by atoms with Gasteiger partial charge in [0.2, 0.25) is 11.8 Å². The van der Waals surface area contributed by atoms with Crippen molar-refractivity contribution < 1.29 is 19.1 Å². The zero-order valence-electron chi connectivity index (χ0n) is 16.1. The number of anilines is 1. The Morgan fingerprint density at radius 2 is 1.96 bits per heavy atom. The van der Waals surface area contributed by atoms with Gasteiger partial charge in [0.25, 0.3) is 0 Å². The topological polar surface area (TPSA) is 76.7 Å². The second-order valence-electron chi connectivity index (χ2n) is 6.80. The zero-order chi connectivity index (χ0) is 19.8. The first-order chi connectivity index (χ1) is 13.7. The molecule has 0 radical (unpaired) electrons. The summed E-state index contributed by atoms with van der Waals surface area (Å²) in [6.07, 6.45) is 2.28. The molecule has 1 aliphatic rings. The smallest absolute Gasteiger partial charge is 0.224 e. The van der Waals surface area contributed by atoms with Gasteiger partial charge in [0.1, 0.15) is 5.75 Å². The van der Waals surface area contributed by atoms with E-state index in [0.29, 0.717) is 39.0 Å².